The summed E-state index contributed by atoms with van der Waals surface area (Å²) in [5.41, 5.74) is 1.15. The van der Waals surface area contributed by atoms with Gasteiger partial charge < -0.3 is 10.3 Å². The van der Waals surface area contributed by atoms with Crippen LogP contribution in [0.5, 0.6) is 0 Å². The standard InChI is InChI=1S/C15H18N4O3S2/c1-11-2-3-16-14(8-11)18-15(20)13-9-12(10-17-13)24(21,22)19-4-6-23-7-5-19/h2-3,8-10,17H,4-7H2,1H3,(H,16,18,20). The van der Waals surface area contributed by atoms with E-state index < -0.39 is 15.9 Å². The van der Waals surface area contributed by atoms with E-state index in [1.807, 2.05) is 13.0 Å². The van der Waals surface area contributed by atoms with Crippen LogP contribution in [0, 0.1) is 6.92 Å². The van der Waals surface area contributed by atoms with E-state index in [1.54, 1.807) is 24.0 Å². The van der Waals surface area contributed by atoms with E-state index in [-0.39, 0.29) is 10.6 Å². The molecule has 0 saturated carbocycles. The molecule has 1 aliphatic rings. The van der Waals surface area contributed by atoms with E-state index in [9.17, 15) is 13.2 Å². The summed E-state index contributed by atoms with van der Waals surface area (Å²) in [6, 6.07) is 4.93. The molecular formula is C15H18N4O3S2. The fourth-order valence-electron chi connectivity index (χ4n) is 2.38. The summed E-state index contributed by atoms with van der Waals surface area (Å²) in [6.45, 7) is 2.88. The molecular weight excluding hydrogens is 348 g/mol. The number of pyridine rings is 1. The number of amides is 1. The van der Waals surface area contributed by atoms with Gasteiger partial charge in [0.2, 0.25) is 10.0 Å². The summed E-state index contributed by atoms with van der Waals surface area (Å²) < 4.78 is 26.6. The summed E-state index contributed by atoms with van der Waals surface area (Å²) in [4.78, 5) is 19.2. The van der Waals surface area contributed by atoms with Crippen LogP contribution >= 0.6 is 11.8 Å². The largest absolute Gasteiger partial charge is 0.356 e. The molecule has 1 fully saturated rings. The Kier molecular flexibility index (Phi) is 4.93. The van der Waals surface area contributed by atoms with Crippen molar-refractivity contribution >= 4 is 33.5 Å². The highest BCUT2D eigenvalue weighted by Gasteiger charge is 2.27. The molecule has 2 aromatic heterocycles. The van der Waals surface area contributed by atoms with E-state index in [0.717, 1.165) is 17.1 Å². The summed E-state index contributed by atoms with van der Waals surface area (Å²) in [6.07, 6.45) is 2.96. The van der Waals surface area contributed by atoms with Crippen LogP contribution in [0.15, 0.2) is 35.5 Å². The van der Waals surface area contributed by atoms with Crippen molar-refractivity contribution in [2.45, 2.75) is 11.8 Å². The molecule has 0 radical (unpaired) electrons. The Bertz CT molecular complexity index is 842. The van der Waals surface area contributed by atoms with Crippen molar-refractivity contribution in [1.82, 2.24) is 14.3 Å². The van der Waals surface area contributed by atoms with Gasteiger partial charge in [-0.25, -0.2) is 13.4 Å². The number of hydrogen-bond donors (Lipinski definition) is 2. The Balaban J connectivity index is 1.76. The number of aryl methyl sites for hydroxylation is 1. The topological polar surface area (TPSA) is 95.2 Å². The number of aromatic nitrogens is 2. The zero-order valence-corrected chi connectivity index (χ0v) is 14.8. The van der Waals surface area contributed by atoms with E-state index in [2.05, 4.69) is 15.3 Å². The minimum absolute atomic E-state index is 0.108. The molecule has 0 aliphatic carbocycles. The lowest BCUT2D eigenvalue weighted by molar-refractivity contribution is 0.102. The molecule has 0 bridgehead atoms. The Morgan fingerprint density at radius 1 is 1.33 bits per heavy atom. The number of nitrogens with zero attached hydrogens (tertiary/aromatic N) is 2. The van der Waals surface area contributed by atoms with Crippen molar-refractivity contribution in [3.05, 3.63) is 41.9 Å². The highest BCUT2D eigenvalue weighted by atomic mass is 32.2. The molecule has 24 heavy (non-hydrogen) atoms. The quantitative estimate of drug-likeness (QED) is 0.859. The first kappa shape index (κ1) is 17.0. The lowest BCUT2D eigenvalue weighted by Gasteiger charge is -2.24. The van der Waals surface area contributed by atoms with Crippen LogP contribution in [0.4, 0.5) is 5.82 Å². The first-order valence-electron chi connectivity index (χ1n) is 7.47. The molecule has 128 valence electrons. The third-order valence-corrected chi connectivity index (χ3v) is 6.48. The Labute approximate surface area is 144 Å². The third-order valence-electron chi connectivity index (χ3n) is 3.67. The highest BCUT2D eigenvalue weighted by molar-refractivity contribution is 7.99. The maximum Gasteiger partial charge on any atom is 0.273 e. The fourth-order valence-corrected chi connectivity index (χ4v) is 4.95. The molecule has 9 heteroatoms. The number of aromatic amines is 1. The molecule has 0 unspecified atom stereocenters. The minimum Gasteiger partial charge on any atom is -0.356 e. The lowest BCUT2D eigenvalue weighted by Crippen LogP contribution is -2.37. The normalized spacial score (nSPS) is 16.0. The molecule has 2 aromatic rings. The molecule has 2 N–H and O–H groups in total. The van der Waals surface area contributed by atoms with Gasteiger partial charge in [-0.1, -0.05) is 0 Å². The van der Waals surface area contributed by atoms with Gasteiger partial charge in [-0.2, -0.15) is 16.1 Å². The van der Waals surface area contributed by atoms with Crippen molar-refractivity contribution in [3.63, 3.8) is 0 Å². The number of carbonyl (C=O) groups excluding carboxylic acids is 1. The van der Waals surface area contributed by atoms with Gasteiger partial charge in [0.25, 0.3) is 5.91 Å². The Morgan fingerprint density at radius 2 is 2.08 bits per heavy atom. The van der Waals surface area contributed by atoms with Crippen LogP contribution in [0.1, 0.15) is 16.1 Å². The number of sulfonamides is 1. The van der Waals surface area contributed by atoms with Gasteiger partial charge in [-0.3, -0.25) is 4.79 Å². The Hall–Kier alpha value is -1.84. The molecule has 7 nitrogen and oxygen atoms in total. The number of hydrogen-bond acceptors (Lipinski definition) is 5. The molecule has 0 aromatic carbocycles. The number of carbonyl (C=O) groups is 1. The second-order valence-corrected chi connectivity index (χ2v) is 8.60. The highest BCUT2D eigenvalue weighted by Crippen LogP contribution is 2.21. The molecule has 1 aliphatic heterocycles. The van der Waals surface area contributed by atoms with Crippen LogP contribution in [0.3, 0.4) is 0 Å². The van der Waals surface area contributed by atoms with Crippen LogP contribution in [-0.4, -0.2) is 53.2 Å². The smallest absolute Gasteiger partial charge is 0.273 e. The van der Waals surface area contributed by atoms with Gasteiger partial charge in [-0.05, 0) is 30.7 Å². The molecule has 3 heterocycles. The molecule has 3 rings (SSSR count). The maximum absolute atomic E-state index is 12.6. The predicted octanol–water partition coefficient (Wildman–Crippen LogP) is 1.71. The number of H-pyrrole nitrogens is 1. The van der Waals surface area contributed by atoms with Gasteiger partial charge in [0, 0.05) is 37.0 Å². The van der Waals surface area contributed by atoms with Crippen molar-refractivity contribution in [1.29, 1.82) is 0 Å². The fraction of sp³-hybridized carbons (Fsp3) is 0.333. The second kappa shape index (κ2) is 6.96. The molecule has 0 atom stereocenters. The van der Waals surface area contributed by atoms with Crippen LogP contribution in [0.25, 0.3) is 0 Å². The van der Waals surface area contributed by atoms with E-state index in [1.165, 1.54) is 16.6 Å². The lowest BCUT2D eigenvalue weighted by atomic mass is 10.3. The van der Waals surface area contributed by atoms with E-state index >= 15 is 0 Å². The van der Waals surface area contributed by atoms with Crippen LogP contribution < -0.4 is 5.32 Å². The number of thioether (sulfide) groups is 1. The van der Waals surface area contributed by atoms with Crippen molar-refractivity contribution in [2.75, 3.05) is 29.9 Å². The monoisotopic (exact) mass is 366 g/mol. The number of nitrogens with one attached hydrogen (secondary N) is 2. The Morgan fingerprint density at radius 3 is 2.79 bits per heavy atom. The van der Waals surface area contributed by atoms with Gasteiger partial charge in [0.1, 0.15) is 16.4 Å². The summed E-state index contributed by atoms with van der Waals surface area (Å²) >= 11 is 1.74. The van der Waals surface area contributed by atoms with Crippen LogP contribution in [0.2, 0.25) is 0 Å². The maximum atomic E-state index is 12.6. The minimum atomic E-state index is -3.56. The summed E-state index contributed by atoms with van der Waals surface area (Å²) in [5.74, 6) is 1.57. The van der Waals surface area contributed by atoms with Gasteiger partial charge >= 0.3 is 0 Å². The zero-order chi connectivity index (χ0) is 17.2. The molecule has 1 amide bonds. The average molecular weight is 366 g/mol. The number of anilines is 1. The average Bonchev–Trinajstić information content (AvgIpc) is 3.07. The van der Waals surface area contributed by atoms with Gasteiger partial charge in [0.15, 0.2) is 0 Å². The molecule has 1 saturated heterocycles. The van der Waals surface area contributed by atoms with Crippen molar-refractivity contribution in [3.8, 4) is 0 Å². The van der Waals surface area contributed by atoms with E-state index in [0.29, 0.717) is 18.9 Å². The second-order valence-electron chi connectivity index (χ2n) is 5.44. The number of rotatable bonds is 4. The molecule has 0 spiro atoms. The first-order valence-corrected chi connectivity index (χ1v) is 10.1. The summed E-state index contributed by atoms with van der Waals surface area (Å²) in [5, 5.41) is 2.65. The first-order chi connectivity index (χ1) is 11.5. The zero-order valence-electron chi connectivity index (χ0n) is 13.2. The van der Waals surface area contributed by atoms with Crippen molar-refractivity contribution in [2.24, 2.45) is 0 Å². The third kappa shape index (κ3) is 3.63. The predicted molar refractivity (Wildman–Crippen MR) is 93.8 cm³/mol. The summed E-state index contributed by atoms with van der Waals surface area (Å²) in [7, 11) is -3.56. The van der Waals surface area contributed by atoms with Crippen LogP contribution in [-0.2, 0) is 10.0 Å². The van der Waals surface area contributed by atoms with Gasteiger partial charge in [-0.15, -0.1) is 0 Å². The van der Waals surface area contributed by atoms with E-state index in [4.69, 9.17) is 0 Å². The van der Waals surface area contributed by atoms with Gasteiger partial charge in [0.05, 0.1) is 0 Å². The van der Waals surface area contributed by atoms with Crippen molar-refractivity contribution < 1.29 is 13.2 Å². The SMILES string of the molecule is Cc1ccnc(NC(=O)c2cc(S(=O)(=O)N3CCSCC3)c[nH]2)c1.